The van der Waals surface area contributed by atoms with E-state index in [2.05, 4.69) is 69.4 Å². The van der Waals surface area contributed by atoms with E-state index in [1.54, 1.807) is 0 Å². The normalized spacial score (nSPS) is 12.3. The predicted octanol–water partition coefficient (Wildman–Crippen LogP) is 19.4. The third-order valence-electron chi connectivity index (χ3n) is 12.8. The van der Waals surface area contributed by atoms with Gasteiger partial charge in [0.05, 0.1) is 0 Å². The number of rotatable bonds is 53. The second-order valence-electron chi connectivity index (χ2n) is 19.5. The smallest absolute Gasteiger partial charge is 0.306 e. The van der Waals surface area contributed by atoms with E-state index in [4.69, 9.17) is 14.2 Å². The van der Waals surface area contributed by atoms with Crippen LogP contribution in [0.25, 0.3) is 0 Å². The fraction of sp³-hybridized carbons (Fsp3) is 0.820. The molecule has 0 spiro atoms. The fourth-order valence-corrected chi connectivity index (χ4v) is 8.49. The number of hydrogen-bond acceptors (Lipinski definition) is 6. The van der Waals surface area contributed by atoms with Gasteiger partial charge in [-0.15, -0.1) is 0 Å². The average molecular weight is 940 g/mol. The number of hydrogen-bond donors (Lipinski definition) is 0. The van der Waals surface area contributed by atoms with E-state index < -0.39 is 6.10 Å². The van der Waals surface area contributed by atoms with Crippen LogP contribution in [0, 0.1) is 0 Å². The summed E-state index contributed by atoms with van der Waals surface area (Å²) in [5.74, 6) is -0.867. The number of unbranched alkanes of at least 4 members (excludes halogenated alkanes) is 34. The molecule has 0 heterocycles. The minimum absolute atomic E-state index is 0.0679. The minimum Gasteiger partial charge on any atom is -0.462 e. The van der Waals surface area contributed by atoms with Crippen molar-refractivity contribution in [1.29, 1.82) is 0 Å². The maximum atomic E-state index is 12.7. The molecule has 0 fully saturated rings. The lowest BCUT2D eigenvalue weighted by Crippen LogP contribution is -2.30. The summed E-state index contributed by atoms with van der Waals surface area (Å²) in [6.07, 6.45) is 68.8. The Morgan fingerprint density at radius 2 is 0.582 bits per heavy atom. The van der Waals surface area contributed by atoms with Crippen molar-refractivity contribution in [2.75, 3.05) is 13.2 Å². The molecule has 0 bridgehead atoms. The van der Waals surface area contributed by atoms with Crippen LogP contribution >= 0.6 is 0 Å². The van der Waals surface area contributed by atoms with E-state index in [1.165, 1.54) is 173 Å². The van der Waals surface area contributed by atoms with E-state index in [1.807, 2.05) is 0 Å². The number of allylic oxidation sites excluding steroid dienone is 8. The summed E-state index contributed by atoms with van der Waals surface area (Å²) in [5, 5.41) is 0. The fourth-order valence-electron chi connectivity index (χ4n) is 8.49. The molecular weight excluding hydrogens is 829 g/mol. The Balaban J connectivity index is 3.91. The topological polar surface area (TPSA) is 78.9 Å². The Morgan fingerprint density at radius 3 is 0.910 bits per heavy atom. The summed E-state index contributed by atoms with van der Waals surface area (Å²) in [7, 11) is 0. The van der Waals surface area contributed by atoms with Crippen molar-refractivity contribution in [2.24, 2.45) is 0 Å². The van der Waals surface area contributed by atoms with E-state index in [0.717, 1.165) is 89.9 Å². The van der Waals surface area contributed by atoms with Gasteiger partial charge in [0, 0.05) is 19.3 Å². The first-order valence-electron chi connectivity index (χ1n) is 29.1. The maximum absolute atomic E-state index is 12.7. The maximum Gasteiger partial charge on any atom is 0.306 e. The standard InChI is InChI=1S/C61H110O6/c1-4-7-10-13-15-17-19-21-22-23-24-25-26-27-28-29-30-31-32-33-34-35-36-37-38-40-41-43-45-48-51-54-60(63)66-57-58(56-65-59(62)53-50-47-12-9-6-3)67-61(64)55-52-49-46-44-42-39-20-18-16-14-11-8-5-2/h7,10,15,17,21-22,24-25,58H,4-6,8-9,11-14,16,18-20,23,26-57H2,1-3H3/b10-7-,17-15-,22-21-,25-24-. The van der Waals surface area contributed by atoms with Gasteiger partial charge in [0.25, 0.3) is 0 Å². The lowest BCUT2D eigenvalue weighted by molar-refractivity contribution is -0.167. The molecule has 67 heavy (non-hydrogen) atoms. The molecule has 0 aromatic rings. The molecule has 0 aromatic carbocycles. The average Bonchev–Trinajstić information content (AvgIpc) is 3.33. The van der Waals surface area contributed by atoms with Gasteiger partial charge in [0.2, 0.25) is 0 Å². The first-order valence-corrected chi connectivity index (χ1v) is 29.1. The summed E-state index contributed by atoms with van der Waals surface area (Å²) in [6, 6.07) is 0. The summed E-state index contributed by atoms with van der Waals surface area (Å²) < 4.78 is 16.7. The lowest BCUT2D eigenvalue weighted by atomic mass is 10.0. The summed E-state index contributed by atoms with van der Waals surface area (Å²) in [6.45, 7) is 6.47. The monoisotopic (exact) mass is 939 g/mol. The quantitative estimate of drug-likeness (QED) is 0.0262. The van der Waals surface area contributed by atoms with Crippen LogP contribution in [0.5, 0.6) is 0 Å². The molecule has 6 nitrogen and oxygen atoms in total. The number of ether oxygens (including phenoxy) is 3. The van der Waals surface area contributed by atoms with Gasteiger partial charge in [-0.05, 0) is 57.8 Å². The molecule has 0 aliphatic rings. The third kappa shape index (κ3) is 54.2. The Hall–Kier alpha value is -2.63. The first-order chi connectivity index (χ1) is 33.0. The molecule has 0 saturated carbocycles. The highest BCUT2D eigenvalue weighted by Gasteiger charge is 2.19. The highest BCUT2D eigenvalue weighted by Crippen LogP contribution is 2.17. The predicted molar refractivity (Wildman–Crippen MR) is 289 cm³/mol. The Bertz CT molecular complexity index is 1170. The molecule has 0 N–H and O–H groups in total. The van der Waals surface area contributed by atoms with Gasteiger partial charge in [-0.1, -0.05) is 275 Å². The minimum atomic E-state index is -0.763. The van der Waals surface area contributed by atoms with Crippen molar-refractivity contribution in [3.63, 3.8) is 0 Å². The molecule has 0 saturated heterocycles. The second-order valence-corrected chi connectivity index (χ2v) is 19.5. The van der Waals surface area contributed by atoms with Crippen LogP contribution in [0.2, 0.25) is 0 Å². The van der Waals surface area contributed by atoms with Crippen molar-refractivity contribution in [3.05, 3.63) is 48.6 Å². The van der Waals surface area contributed by atoms with Crippen molar-refractivity contribution in [3.8, 4) is 0 Å². The zero-order valence-corrected chi connectivity index (χ0v) is 44.7. The highest BCUT2D eigenvalue weighted by molar-refractivity contribution is 5.71. The molecule has 1 atom stereocenters. The Labute approximate surface area is 416 Å². The number of esters is 3. The van der Waals surface area contributed by atoms with Crippen LogP contribution in [0.1, 0.15) is 303 Å². The van der Waals surface area contributed by atoms with Gasteiger partial charge < -0.3 is 14.2 Å². The van der Waals surface area contributed by atoms with E-state index in [0.29, 0.717) is 19.3 Å². The van der Waals surface area contributed by atoms with Crippen LogP contribution < -0.4 is 0 Å². The molecule has 0 aromatic heterocycles. The van der Waals surface area contributed by atoms with Gasteiger partial charge in [0.1, 0.15) is 13.2 Å². The molecule has 0 aliphatic heterocycles. The molecular formula is C61H110O6. The third-order valence-corrected chi connectivity index (χ3v) is 12.8. The molecule has 0 radical (unpaired) electrons. The number of carbonyl (C=O) groups is 3. The van der Waals surface area contributed by atoms with Gasteiger partial charge in [-0.25, -0.2) is 0 Å². The largest absolute Gasteiger partial charge is 0.462 e. The zero-order valence-electron chi connectivity index (χ0n) is 44.7. The van der Waals surface area contributed by atoms with Gasteiger partial charge in [-0.3, -0.25) is 14.4 Å². The van der Waals surface area contributed by atoms with E-state index >= 15 is 0 Å². The molecule has 390 valence electrons. The van der Waals surface area contributed by atoms with Crippen molar-refractivity contribution in [2.45, 2.75) is 309 Å². The van der Waals surface area contributed by atoms with Crippen LogP contribution in [-0.2, 0) is 28.6 Å². The van der Waals surface area contributed by atoms with Gasteiger partial charge in [-0.2, -0.15) is 0 Å². The zero-order chi connectivity index (χ0) is 48.6. The number of carbonyl (C=O) groups excluding carboxylic acids is 3. The van der Waals surface area contributed by atoms with Gasteiger partial charge in [0.15, 0.2) is 6.10 Å². The van der Waals surface area contributed by atoms with E-state index in [9.17, 15) is 14.4 Å². The Morgan fingerprint density at radius 1 is 0.313 bits per heavy atom. The summed E-state index contributed by atoms with van der Waals surface area (Å²) >= 11 is 0. The first kappa shape index (κ1) is 64.4. The molecule has 0 aliphatic carbocycles. The second kappa shape index (κ2) is 56.0. The van der Waals surface area contributed by atoms with E-state index in [-0.39, 0.29) is 31.1 Å². The Kier molecular flexibility index (Phi) is 53.8. The van der Waals surface area contributed by atoms with Crippen LogP contribution in [-0.4, -0.2) is 37.2 Å². The molecule has 1 unspecified atom stereocenters. The van der Waals surface area contributed by atoms with Crippen molar-refractivity contribution < 1.29 is 28.6 Å². The summed E-state index contributed by atoms with van der Waals surface area (Å²) in [5.41, 5.74) is 0. The summed E-state index contributed by atoms with van der Waals surface area (Å²) in [4.78, 5) is 37.7. The highest BCUT2D eigenvalue weighted by atomic mass is 16.6. The molecule has 6 heteroatoms. The van der Waals surface area contributed by atoms with Crippen LogP contribution in [0.3, 0.4) is 0 Å². The van der Waals surface area contributed by atoms with Crippen LogP contribution in [0.15, 0.2) is 48.6 Å². The molecule has 0 rings (SSSR count). The van der Waals surface area contributed by atoms with Crippen LogP contribution in [0.4, 0.5) is 0 Å². The lowest BCUT2D eigenvalue weighted by Gasteiger charge is -2.18. The SMILES string of the molecule is CC/C=C\C/C=C\C/C=C\C/C=C\CCCCCCCCCCCCCCCCCCCCC(=O)OCC(COC(=O)CCCCCCC)OC(=O)CCCCCCCCCCCCCCC. The van der Waals surface area contributed by atoms with Crippen molar-refractivity contribution in [1.82, 2.24) is 0 Å². The molecule has 0 amide bonds. The van der Waals surface area contributed by atoms with Gasteiger partial charge >= 0.3 is 17.9 Å². The van der Waals surface area contributed by atoms with Crippen molar-refractivity contribution >= 4 is 17.9 Å².